The van der Waals surface area contributed by atoms with Crippen molar-refractivity contribution < 1.29 is 14.5 Å². The number of carbonyl (C=O) groups is 2. The molecule has 152 valence electrons. The number of nitrogens with one attached hydrogen (secondary N) is 1. The van der Waals surface area contributed by atoms with Crippen molar-refractivity contribution >= 4 is 28.9 Å². The normalized spacial score (nSPS) is 16.2. The highest BCUT2D eigenvalue weighted by Gasteiger charge is 2.31. The molecule has 3 rings (SSSR count). The second-order valence-electron chi connectivity index (χ2n) is 7.30. The summed E-state index contributed by atoms with van der Waals surface area (Å²) in [4.78, 5) is 39.8. The first-order valence-electron chi connectivity index (χ1n) is 9.47. The second-order valence-corrected chi connectivity index (χ2v) is 7.30. The summed E-state index contributed by atoms with van der Waals surface area (Å²) < 4.78 is 0. The predicted molar refractivity (Wildman–Crippen MR) is 111 cm³/mol. The van der Waals surface area contributed by atoms with E-state index in [-0.39, 0.29) is 35.5 Å². The van der Waals surface area contributed by atoms with Crippen LogP contribution in [0, 0.1) is 16.0 Å². The van der Waals surface area contributed by atoms with Crippen LogP contribution in [0.3, 0.4) is 0 Å². The molecule has 29 heavy (non-hydrogen) atoms. The maximum Gasteiger partial charge on any atom is 0.270 e. The lowest BCUT2D eigenvalue weighted by atomic mass is 9.96. The van der Waals surface area contributed by atoms with E-state index in [1.165, 1.54) is 12.1 Å². The van der Waals surface area contributed by atoms with Crippen molar-refractivity contribution in [3.63, 3.8) is 0 Å². The highest BCUT2D eigenvalue weighted by molar-refractivity contribution is 6.01. The Bertz CT molecular complexity index is 914. The Morgan fingerprint density at radius 1 is 1.17 bits per heavy atom. The fraction of sp³-hybridized carbons (Fsp3) is 0.333. The van der Waals surface area contributed by atoms with E-state index in [9.17, 15) is 19.7 Å². The monoisotopic (exact) mass is 396 g/mol. The molecular weight excluding hydrogens is 372 g/mol. The number of rotatable bonds is 5. The van der Waals surface area contributed by atoms with E-state index in [2.05, 4.69) is 5.32 Å². The van der Waals surface area contributed by atoms with Crippen molar-refractivity contribution in [2.75, 3.05) is 37.4 Å². The number of nitro benzene ring substituents is 1. The van der Waals surface area contributed by atoms with Crippen molar-refractivity contribution in [1.29, 1.82) is 0 Å². The van der Waals surface area contributed by atoms with Gasteiger partial charge in [-0.05, 0) is 31.0 Å². The van der Waals surface area contributed by atoms with Crippen molar-refractivity contribution in [2.45, 2.75) is 12.8 Å². The molecular formula is C21H24N4O4. The number of benzene rings is 2. The highest BCUT2D eigenvalue weighted by Crippen LogP contribution is 2.28. The molecule has 1 atom stereocenters. The molecule has 8 nitrogen and oxygen atoms in total. The predicted octanol–water partition coefficient (Wildman–Crippen LogP) is 3.15. The van der Waals surface area contributed by atoms with Crippen LogP contribution >= 0.6 is 0 Å². The maximum absolute atomic E-state index is 13.2. The van der Waals surface area contributed by atoms with Gasteiger partial charge in [-0.15, -0.1) is 0 Å². The van der Waals surface area contributed by atoms with E-state index in [0.717, 1.165) is 5.69 Å². The fourth-order valence-corrected chi connectivity index (χ4v) is 3.51. The summed E-state index contributed by atoms with van der Waals surface area (Å²) in [6.45, 7) is 0.802. The van der Waals surface area contributed by atoms with Gasteiger partial charge in [0.05, 0.1) is 16.4 Å². The average Bonchev–Trinajstić information content (AvgIpc) is 2.73. The summed E-state index contributed by atoms with van der Waals surface area (Å²) >= 11 is 0. The first-order chi connectivity index (χ1) is 13.9. The molecule has 0 aromatic heterocycles. The van der Waals surface area contributed by atoms with E-state index in [4.69, 9.17) is 0 Å². The van der Waals surface area contributed by atoms with Gasteiger partial charge in [-0.3, -0.25) is 19.7 Å². The zero-order valence-electron chi connectivity index (χ0n) is 16.5. The number of anilines is 2. The number of para-hydroxylation sites is 1. The topological polar surface area (TPSA) is 95.8 Å². The molecule has 0 aliphatic carbocycles. The van der Waals surface area contributed by atoms with E-state index in [1.807, 2.05) is 30.3 Å². The molecule has 2 amide bonds. The summed E-state index contributed by atoms with van der Waals surface area (Å²) in [6, 6.07) is 13.5. The molecule has 0 radical (unpaired) electrons. The lowest BCUT2D eigenvalue weighted by Crippen LogP contribution is -2.44. The molecule has 1 fully saturated rings. The zero-order valence-corrected chi connectivity index (χ0v) is 16.5. The van der Waals surface area contributed by atoms with Crippen LogP contribution in [0.15, 0.2) is 48.5 Å². The summed E-state index contributed by atoms with van der Waals surface area (Å²) in [5, 5.41) is 14.1. The van der Waals surface area contributed by atoms with Crippen LogP contribution in [0.2, 0.25) is 0 Å². The molecule has 1 heterocycles. The van der Waals surface area contributed by atoms with Crippen molar-refractivity contribution in [2.24, 2.45) is 5.92 Å². The third-order valence-corrected chi connectivity index (χ3v) is 5.02. The average molecular weight is 396 g/mol. The standard InChI is InChI=1S/C21H24N4O4/c1-23(2)19-11-10-17(25(28)29)13-18(19)21(27)24-12-6-7-15(14-24)20(26)22-16-8-4-3-5-9-16/h3-5,8-11,13,15H,6-7,12,14H2,1-2H3,(H,22,26). The Morgan fingerprint density at radius 2 is 1.90 bits per heavy atom. The minimum Gasteiger partial charge on any atom is -0.377 e. The maximum atomic E-state index is 13.2. The van der Waals surface area contributed by atoms with Crippen LogP contribution in [0.4, 0.5) is 17.1 Å². The number of non-ortho nitro benzene ring substituents is 1. The van der Waals surface area contributed by atoms with E-state index >= 15 is 0 Å². The summed E-state index contributed by atoms with van der Waals surface area (Å²) in [6.07, 6.45) is 1.39. The summed E-state index contributed by atoms with van der Waals surface area (Å²) in [5.41, 5.74) is 1.47. The molecule has 0 bridgehead atoms. The number of carbonyl (C=O) groups excluding carboxylic acids is 2. The molecule has 1 N–H and O–H groups in total. The van der Waals surface area contributed by atoms with Gasteiger partial charge < -0.3 is 15.1 Å². The SMILES string of the molecule is CN(C)c1ccc([N+](=O)[O-])cc1C(=O)N1CCCC(C(=O)Nc2ccccc2)C1. The van der Waals surface area contributed by atoms with E-state index in [0.29, 0.717) is 25.1 Å². The van der Waals surface area contributed by atoms with Crippen molar-refractivity contribution in [1.82, 2.24) is 4.90 Å². The quantitative estimate of drug-likeness (QED) is 0.619. The molecule has 1 saturated heterocycles. The molecule has 8 heteroatoms. The number of hydrogen-bond acceptors (Lipinski definition) is 5. The molecule has 0 saturated carbocycles. The van der Waals surface area contributed by atoms with Crippen LogP contribution < -0.4 is 10.2 Å². The Labute approximate surface area is 169 Å². The van der Waals surface area contributed by atoms with Crippen molar-refractivity contribution in [3.05, 3.63) is 64.2 Å². The zero-order chi connectivity index (χ0) is 21.0. The minimum absolute atomic E-state index is 0.124. The van der Waals surface area contributed by atoms with Gasteiger partial charge in [-0.2, -0.15) is 0 Å². The third-order valence-electron chi connectivity index (χ3n) is 5.02. The second kappa shape index (κ2) is 8.72. The first kappa shape index (κ1) is 20.3. The van der Waals surface area contributed by atoms with E-state index in [1.54, 1.807) is 30.0 Å². The molecule has 1 unspecified atom stereocenters. The van der Waals surface area contributed by atoms with Gasteiger partial charge in [0.1, 0.15) is 0 Å². The van der Waals surface area contributed by atoms with Crippen LogP contribution in [-0.4, -0.2) is 48.8 Å². The van der Waals surface area contributed by atoms with Gasteiger partial charge in [0.25, 0.3) is 11.6 Å². The molecule has 2 aromatic rings. The van der Waals surface area contributed by atoms with Crippen molar-refractivity contribution in [3.8, 4) is 0 Å². The largest absolute Gasteiger partial charge is 0.377 e. The number of piperidine rings is 1. The number of likely N-dealkylation sites (tertiary alicyclic amines) is 1. The number of nitrogens with zero attached hydrogens (tertiary/aromatic N) is 3. The Balaban J connectivity index is 1.78. The van der Waals surface area contributed by atoms with Gasteiger partial charge >= 0.3 is 0 Å². The van der Waals surface area contributed by atoms with Gasteiger partial charge in [0.2, 0.25) is 5.91 Å². The lowest BCUT2D eigenvalue weighted by Gasteiger charge is -2.33. The number of nitro groups is 1. The van der Waals surface area contributed by atoms with Gasteiger partial charge in [-0.1, -0.05) is 18.2 Å². The molecule has 2 aromatic carbocycles. The smallest absolute Gasteiger partial charge is 0.270 e. The van der Waals surface area contributed by atoms with Gasteiger partial charge in [-0.25, -0.2) is 0 Å². The molecule has 0 spiro atoms. The lowest BCUT2D eigenvalue weighted by molar-refractivity contribution is -0.384. The summed E-state index contributed by atoms with van der Waals surface area (Å²) in [5.74, 6) is -0.746. The third kappa shape index (κ3) is 4.71. The summed E-state index contributed by atoms with van der Waals surface area (Å²) in [7, 11) is 3.56. The van der Waals surface area contributed by atoms with Gasteiger partial charge in [0, 0.05) is 50.7 Å². The highest BCUT2D eigenvalue weighted by atomic mass is 16.6. The Kier molecular flexibility index (Phi) is 6.11. The first-order valence-corrected chi connectivity index (χ1v) is 9.47. The molecule has 1 aliphatic heterocycles. The van der Waals surface area contributed by atoms with Crippen LogP contribution in [0.1, 0.15) is 23.2 Å². The number of amides is 2. The van der Waals surface area contributed by atoms with Gasteiger partial charge in [0.15, 0.2) is 0 Å². The van der Waals surface area contributed by atoms with E-state index < -0.39 is 4.92 Å². The number of hydrogen-bond donors (Lipinski definition) is 1. The Morgan fingerprint density at radius 3 is 2.55 bits per heavy atom. The van der Waals surface area contributed by atoms with Crippen LogP contribution in [-0.2, 0) is 4.79 Å². The Hall–Kier alpha value is -3.42. The van der Waals surface area contributed by atoms with Crippen LogP contribution in [0.25, 0.3) is 0 Å². The van der Waals surface area contributed by atoms with Crippen LogP contribution in [0.5, 0.6) is 0 Å². The fourth-order valence-electron chi connectivity index (χ4n) is 3.51. The molecule has 1 aliphatic rings. The minimum atomic E-state index is -0.511.